The molecule has 0 spiro atoms. The first-order chi connectivity index (χ1) is 8.47. The molecule has 2 aromatic heterocycles. The molecule has 18 heavy (non-hydrogen) atoms. The van der Waals surface area contributed by atoms with Gasteiger partial charge in [0.15, 0.2) is 0 Å². The molecule has 0 fully saturated rings. The van der Waals surface area contributed by atoms with Gasteiger partial charge in [0.25, 0.3) is 0 Å². The second kappa shape index (κ2) is 5.59. The zero-order valence-corrected chi connectivity index (χ0v) is 13.6. The smallest absolute Gasteiger partial charge is 0.140 e. The van der Waals surface area contributed by atoms with Gasteiger partial charge in [0.05, 0.1) is 15.5 Å². The highest BCUT2D eigenvalue weighted by atomic mass is 79.9. The fraction of sp³-hybridized carbons (Fsp3) is 0.308. The van der Waals surface area contributed by atoms with Crippen LogP contribution in [-0.2, 0) is 0 Å². The van der Waals surface area contributed by atoms with E-state index >= 15 is 0 Å². The molecular weight excluding hydrogens is 332 g/mol. The van der Waals surface area contributed by atoms with Crippen LogP contribution in [0.25, 0.3) is 0 Å². The molecule has 0 aliphatic carbocycles. The van der Waals surface area contributed by atoms with Crippen molar-refractivity contribution in [1.82, 2.24) is 4.98 Å². The summed E-state index contributed by atoms with van der Waals surface area (Å²) < 4.78 is 0.881. The molecule has 0 saturated carbocycles. The molecule has 1 N–H and O–H groups in total. The fourth-order valence-corrected chi connectivity index (χ4v) is 3.66. The van der Waals surface area contributed by atoms with Crippen LogP contribution >= 0.6 is 38.9 Å². The van der Waals surface area contributed by atoms with E-state index in [2.05, 4.69) is 53.1 Å². The number of hydrogen-bond acceptors (Lipinski definition) is 3. The lowest BCUT2D eigenvalue weighted by Gasteiger charge is -2.15. The van der Waals surface area contributed by atoms with Crippen molar-refractivity contribution in [3.05, 3.63) is 43.1 Å². The predicted octanol–water partition coefficient (Wildman–Crippen LogP) is 5.35. The van der Waals surface area contributed by atoms with Crippen LogP contribution in [0.15, 0.2) is 22.8 Å². The van der Waals surface area contributed by atoms with E-state index in [1.165, 1.54) is 15.3 Å². The van der Waals surface area contributed by atoms with Crippen molar-refractivity contribution >= 4 is 44.7 Å². The first kappa shape index (κ1) is 13.8. The first-order valence-electron chi connectivity index (χ1n) is 5.62. The molecule has 1 atom stereocenters. The van der Waals surface area contributed by atoms with E-state index in [1.54, 1.807) is 6.20 Å². The number of pyridine rings is 1. The predicted molar refractivity (Wildman–Crippen MR) is 82.8 cm³/mol. The van der Waals surface area contributed by atoms with Gasteiger partial charge in [-0.15, -0.1) is 11.3 Å². The monoisotopic (exact) mass is 344 g/mol. The molecule has 2 aromatic rings. The molecule has 2 nitrogen and oxygen atoms in total. The van der Waals surface area contributed by atoms with Crippen LogP contribution in [0.3, 0.4) is 0 Å². The number of nitrogens with one attached hydrogen (secondary N) is 1. The van der Waals surface area contributed by atoms with Gasteiger partial charge in [-0.1, -0.05) is 11.6 Å². The summed E-state index contributed by atoms with van der Waals surface area (Å²) in [7, 11) is 0. The minimum absolute atomic E-state index is 0.222. The summed E-state index contributed by atoms with van der Waals surface area (Å²) in [5.41, 5.74) is 1.32. The molecule has 0 bridgehead atoms. The number of rotatable bonds is 3. The third-order valence-electron chi connectivity index (χ3n) is 2.71. The molecule has 0 aliphatic heterocycles. The molecule has 2 heterocycles. The summed E-state index contributed by atoms with van der Waals surface area (Å²) in [6, 6.07) is 4.29. The van der Waals surface area contributed by atoms with Gasteiger partial charge in [-0.25, -0.2) is 4.98 Å². The number of aromatic nitrogens is 1. The van der Waals surface area contributed by atoms with Gasteiger partial charge in [0.1, 0.15) is 5.82 Å². The lowest BCUT2D eigenvalue weighted by Crippen LogP contribution is -2.08. The molecule has 0 amide bonds. The van der Waals surface area contributed by atoms with Crippen molar-refractivity contribution in [1.29, 1.82) is 0 Å². The number of nitrogens with zero attached hydrogens (tertiary/aromatic N) is 1. The van der Waals surface area contributed by atoms with Gasteiger partial charge in [0, 0.05) is 16.0 Å². The molecule has 96 valence electrons. The Morgan fingerprint density at radius 1 is 1.39 bits per heavy atom. The summed E-state index contributed by atoms with van der Waals surface area (Å²) in [4.78, 5) is 6.97. The minimum atomic E-state index is 0.222. The first-order valence-corrected chi connectivity index (χ1v) is 7.60. The maximum Gasteiger partial charge on any atom is 0.140 e. The molecular formula is C13H14BrClN2S. The number of aryl methyl sites for hydroxylation is 2. The second-order valence-electron chi connectivity index (χ2n) is 4.22. The molecule has 1 unspecified atom stereocenters. The van der Waals surface area contributed by atoms with Gasteiger partial charge < -0.3 is 5.32 Å². The van der Waals surface area contributed by atoms with Gasteiger partial charge in [0.2, 0.25) is 0 Å². The van der Waals surface area contributed by atoms with Crippen LogP contribution in [0.2, 0.25) is 5.02 Å². The Labute approximate surface area is 125 Å². The maximum absolute atomic E-state index is 5.88. The normalized spacial score (nSPS) is 12.5. The van der Waals surface area contributed by atoms with E-state index in [0.717, 1.165) is 10.3 Å². The topological polar surface area (TPSA) is 24.9 Å². The van der Waals surface area contributed by atoms with Crippen LogP contribution < -0.4 is 5.32 Å². The van der Waals surface area contributed by atoms with E-state index < -0.39 is 0 Å². The Hall–Kier alpha value is -0.580. The summed E-state index contributed by atoms with van der Waals surface area (Å²) in [6.45, 7) is 6.41. The number of thiophene rings is 1. The summed E-state index contributed by atoms with van der Waals surface area (Å²) in [5, 5.41) is 4.03. The van der Waals surface area contributed by atoms with Gasteiger partial charge in [-0.05, 0) is 54.4 Å². The Morgan fingerprint density at radius 2 is 2.11 bits per heavy atom. The van der Waals surface area contributed by atoms with Gasteiger partial charge in [-0.3, -0.25) is 0 Å². The Bertz CT molecular complexity index is 568. The molecule has 0 aliphatic rings. The van der Waals surface area contributed by atoms with Crippen LogP contribution in [0, 0.1) is 13.8 Å². The van der Waals surface area contributed by atoms with E-state index in [-0.39, 0.29) is 6.04 Å². The molecule has 2 rings (SSSR count). The number of anilines is 1. The second-order valence-corrected chi connectivity index (χ2v) is 6.97. The van der Waals surface area contributed by atoms with Crippen LogP contribution in [0.4, 0.5) is 5.82 Å². The van der Waals surface area contributed by atoms with E-state index in [0.29, 0.717) is 5.02 Å². The van der Waals surface area contributed by atoms with E-state index in [1.807, 2.05) is 17.4 Å². The van der Waals surface area contributed by atoms with Crippen molar-refractivity contribution in [3.63, 3.8) is 0 Å². The van der Waals surface area contributed by atoms with E-state index in [9.17, 15) is 0 Å². The summed E-state index contributed by atoms with van der Waals surface area (Å²) in [6.07, 6.45) is 1.65. The zero-order chi connectivity index (χ0) is 13.3. The van der Waals surface area contributed by atoms with Crippen molar-refractivity contribution < 1.29 is 0 Å². The maximum atomic E-state index is 5.88. The van der Waals surface area contributed by atoms with Crippen molar-refractivity contribution in [2.45, 2.75) is 26.8 Å². The quantitative estimate of drug-likeness (QED) is 0.811. The number of halogens is 2. The fourth-order valence-electron chi connectivity index (χ4n) is 1.88. The largest absolute Gasteiger partial charge is 0.363 e. The van der Waals surface area contributed by atoms with Crippen LogP contribution in [0.1, 0.15) is 28.3 Å². The Morgan fingerprint density at radius 3 is 2.67 bits per heavy atom. The third kappa shape index (κ3) is 3.05. The van der Waals surface area contributed by atoms with Crippen LogP contribution in [0.5, 0.6) is 0 Å². The zero-order valence-electron chi connectivity index (χ0n) is 10.4. The third-order valence-corrected chi connectivity index (χ3v) is 4.50. The lowest BCUT2D eigenvalue weighted by atomic mass is 10.1. The Kier molecular flexibility index (Phi) is 4.30. The average molecular weight is 346 g/mol. The lowest BCUT2D eigenvalue weighted by molar-refractivity contribution is 0.870. The van der Waals surface area contributed by atoms with Gasteiger partial charge in [-0.2, -0.15) is 0 Å². The highest BCUT2D eigenvalue weighted by molar-refractivity contribution is 9.10. The van der Waals surface area contributed by atoms with E-state index in [4.69, 9.17) is 11.6 Å². The van der Waals surface area contributed by atoms with Crippen molar-refractivity contribution in [3.8, 4) is 0 Å². The van der Waals surface area contributed by atoms with Crippen molar-refractivity contribution in [2.75, 3.05) is 5.32 Å². The summed E-state index contributed by atoms with van der Waals surface area (Å²) >= 11 is 11.2. The molecule has 0 radical (unpaired) electrons. The highest BCUT2D eigenvalue weighted by Gasteiger charge is 2.13. The Balaban J connectivity index is 2.21. The average Bonchev–Trinajstić information content (AvgIpc) is 2.62. The minimum Gasteiger partial charge on any atom is -0.363 e. The van der Waals surface area contributed by atoms with Gasteiger partial charge >= 0.3 is 0 Å². The highest BCUT2D eigenvalue weighted by Crippen LogP contribution is 2.30. The standard InChI is InChI=1S/C13H14BrClN2S/c1-7-4-11(9(3)18-7)8(2)17-13-12(14)5-10(15)6-16-13/h4-6,8H,1-3H3,(H,16,17). The van der Waals surface area contributed by atoms with Crippen LogP contribution in [-0.4, -0.2) is 4.98 Å². The molecule has 0 aromatic carbocycles. The van der Waals surface area contributed by atoms with Crippen molar-refractivity contribution in [2.24, 2.45) is 0 Å². The number of hydrogen-bond donors (Lipinski definition) is 1. The molecule has 0 saturated heterocycles. The molecule has 5 heteroatoms. The summed E-state index contributed by atoms with van der Waals surface area (Å²) in [5.74, 6) is 0.815. The SMILES string of the molecule is Cc1cc(C(C)Nc2ncc(Cl)cc2Br)c(C)s1.